The zero-order valence-electron chi connectivity index (χ0n) is 10.7. The van der Waals surface area contributed by atoms with Crippen molar-refractivity contribution in [3.05, 3.63) is 0 Å². The number of piperidine rings is 1. The van der Waals surface area contributed by atoms with E-state index >= 15 is 0 Å². The van der Waals surface area contributed by atoms with Gasteiger partial charge in [0.1, 0.15) is 0 Å². The number of rotatable bonds is 2. The van der Waals surface area contributed by atoms with Gasteiger partial charge >= 0.3 is 0 Å². The highest BCUT2D eigenvalue weighted by Crippen LogP contribution is 2.26. The van der Waals surface area contributed by atoms with E-state index in [1.54, 1.807) is 0 Å². The second kappa shape index (κ2) is 5.48. The van der Waals surface area contributed by atoms with Crippen LogP contribution in [0.5, 0.6) is 0 Å². The van der Waals surface area contributed by atoms with Crippen LogP contribution in [0.15, 0.2) is 0 Å². The number of likely N-dealkylation sites (tertiary alicyclic amines) is 1. The van der Waals surface area contributed by atoms with Gasteiger partial charge in [-0.3, -0.25) is 4.90 Å². The highest BCUT2D eigenvalue weighted by molar-refractivity contribution is 4.87. The van der Waals surface area contributed by atoms with Crippen molar-refractivity contribution in [2.45, 2.75) is 56.7 Å². The summed E-state index contributed by atoms with van der Waals surface area (Å²) in [7, 11) is 4.35. The smallest absolute Gasteiger partial charge is 0.0695 e. The Morgan fingerprint density at radius 2 is 1.62 bits per heavy atom. The molecule has 2 aliphatic rings. The van der Waals surface area contributed by atoms with Crippen LogP contribution in [0.3, 0.4) is 0 Å². The van der Waals surface area contributed by atoms with E-state index < -0.39 is 0 Å². The zero-order valence-corrected chi connectivity index (χ0v) is 10.7. The molecule has 0 bridgehead atoms. The summed E-state index contributed by atoms with van der Waals surface area (Å²) in [5, 5.41) is 10.0. The van der Waals surface area contributed by atoms with Crippen molar-refractivity contribution in [1.29, 1.82) is 0 Å². The Morgan fingerprint density at radius 3 is 2.19 bits per heavy atom. The summed E-state index contributed by atoms with van der Waals surface area (Å²) in [6, 6.07) is 1.20. The molecule has 1 aliphatic carbocycles. The van der Waals surface area contributed by atoms with E-state index in [2.05, 4.69) is 23.9 Å². The predicted molar refractivity (Wildman–Crippen MR) is 66.5 cm³/mol. The predicted octanol–water partition coefficient (Wildman–Crippen LogP) is 1.32. The molecule has 1 saturated carbocycles. The molecular weight excluding hydrogens is 200 g/mol. The van der Waals surface area contributed by atoms with Crippen molar-refractivity contribution >= 4 is 0 Å². The van der Waals surface area contributed by atoms with Crippen LogP contribution in [-0.4, -0.2) is 60.3 Å². The molecule has 1 saturated heterocycles. The van der Waals surface area contributed by atoms with Gasteiger partial charge < -0.3 is 10.0 Å². The van der Waals surface area contributed by atoms with Gasteiger partial charge in [-0.2, -0.15) is 0 Å². The van der Waals surface area contributed by atoms with Crippen LogP contribution in [0.1, 0.15) is 38.5 Å². The van der Waals surface area contributed by atoms with Crippen LogP contribution in [0.4, 0.5) is 0 Å². The number of aliphatic hydroxyl groups is 1. The van der Waals surface area contributed by atoms with Crippen molar-refractivity contribution < 1.29 is 5.11 Å². The van der Waals surface area contributed by atoms with E-state index in [0.717, 1.165) is 12.5 Å². The van der Waals surface area contributed by atoms with Crippen LogP contribution in [0.2, 0.25) is 0 Å². The van der Waals surface area contributed by atoms with Crippen LogP contribution in [0, 0.1) is 0 Å². The third kappa shape index (κ3) is 2.76. The summed E-state index contributed by atoms with van der Waals surface area (Å²) >= 11 is 0. The van der Waals surface area contributed by atoms with Gasteiger partial charge in [-0.05, 0) is 39.8 Å². The lowest BCUT2D eigenvalue weighted by Gasteiger charge is -2.42. The fourth-order valence-corrected chi connectivity index (χ4v) is 3.25. The Morgan fingerprint density at radius 1 is 1.00 bits per heavy atom. The molecule has 1 N–H and O–H groups in total. The topological polar surface area (TPSA) is 26.7 Å². The number of aliphatic hydroxyl groups excluding tert-OH is 1. The minimum atomic E-state index is -0.0651. The van der Waals surface area contributed by atoms with Gasteiger partial charge in [0.25, 0.3) is 0 Å². The molecule has 0 unspecified atom stereocenters. The van der Waals surface area contributed by atoms with Gasteiger partial charge in [-0.1, -0.05) is 12.8 Å². The maximum absolute atomic E-state index is 10.0. The number of hydrogen-bond acceptors (Lipinski definition) is 3. The van der Waals surface area contributed by atoms with E-state index in [-0.39, 0.29) is 6.10 Å². The Bertz CT molecular complexity index is 212. The fraction of sp³-hybridized carbons (Fsp3) is 1.00. The normalized spacial score (nSPS) is 34.5. The molecule has 0 spiro atoms. The van der Waals surface area contributed by atoms with Gasteiger partial charge in [0, 0.05) is 25.2 Å². The Kier molecular flexibility index (Phi) is 4.22. The first-order valence-corrected chi connectivity index (χ1v) is 6.77. The SMILES string of the molecule is CN(C)C1CCN([C@@H]2CCCC[C@H]2O)CC1. The highest BCUT2D eigenvalue weighted by Gasteiger charge is 2.31. The second-order valence-corrected chi connectivity index (χ2v) is 5.65. The molecule has 2 rings (SSSR count). The zero-order chi connectivity index (χ0) is 11.5. The molecule has 3 nitrogen and oxygen atoms in total. The van der Waals surface area contributed by atoms with Gasteiger partial charge in [-0.25, -0.2) is 0 Å². The summed E-state index contributed by atoms with van der Waals surface area (Å²) in [5.41, 5.74) is 0. The summed E-state index contributed by atoms with van der Waals surface area (Å²) in [5.74, 6) is 0. The standard InChI is InChI=1S/C13H26N2O/c1-14(2)11-7-9-15(10-8-11)12-5-3-4-6-13(12)16/h11-13,16H,3-10H2,1-2H3/t12-,13-/m1/s1. The molecule has 3 heteroatoms. The molecule has 0 aromatic heterocycles. The first-order chi connectivity index (χ1) is 7.68. The van der Waals surface area contributed by atoms with Crippen molar-refractivity contribution in [1.82, 2.24) is 9.80 Å². The van der Waals surface area contributed by atoms with Crippen LogP contribution < -0.4 is 0 Å². The monoisotopic (exact) mass is 226 g/mol. The van der Waals surface area contributed by atoms with Gasteiger partial charge in [0.2, 0.25) is 0 Å². The molecular formula is C13H26N2O. The Labute approximate surface area is 99.4 Å². The Hall–Kier alpha value is -0.120. The molecule has 2 fully saturated rings. The molecule has 94 valence electrons. The van der Waals surface area contributed by atoms with Crippen LogP contribution in [-0.2, 0) is 0 Å². The van der Waals surface area contributed by atoms with Gasteiger partial charge in [0.05, 0.1) is 6.10 Å². The minimum Gasteiger partial charge on any atom is -0.391 e. The maximum atomic E-state index is 10.0. The molecule has 1 heterocycles. The third-order valence-electron chi connectivity index (χ3n) is 4.39. The Balaban J connectivity index is 1.83. The summed E-state index contributed by atoms with van der Waals surface area (Å²) in [4.78, 5) is 4.87. The number of nitrogens with zero attached hydrogens (tertiary/aromatic N) is 2. The summed E-state index contributed by atoms with van der Waals surface area (Å²) in [6.45, 7) is 2.34. The quantitative estimate of drug-likeness (QED) is 0.769. The lowest BCUT2D eigenvalue weighted by atomic mass is 9.89. The third-order valence-corrected chi connectivity index (χ3v) is 4.39. The summed E-state index contributed by atoms with van der Waals surface area (Å²) < 4.78 is 0. The van der Waals surface area contributed by atoms with Crippen molar-refractivity contribution in [3.63, 3.8) is 0 Å². The van der Waals surface area contributed by atoms with Crippen LogP contribution >= 0.6 is 0 Å². The van der Waals surface area contributed by atoms with Crippen LogP contribution in [0.25, 0.3) is 0 Å². The van der Waals surface area contributed by atoms with Gasteiger partial charge in [-0.15, -0.1) is 0 Å². The van der Waals surface area contributed by atoms with E-state index in [0.29, 0.717) is 6.04 Å². The summed E-state index contributed by atoms with van der Waals surface area (Å²) in [6.07, 6.45) is 7.18. The fourth-order valence-electron chi connectivity index (χ4n) is 3.25. The number of hydrogen-bond donors (Lipinski definition) is 1. The molecule has 0 aromatic rings. The average molecular weight is 226 g/mol. The lowest BCUT2D eigenvalue weighted by Crippen LogP contribution is -2.51. The van der Waals surface area contributed by atoms with E-state index in [1.165, 1.54) is 45.2 Å². The van der Waals surface area contributed by atoms with Crippen molar-refractivity contribution in [3.8, 4) is 0 Å². The van der Waals surface area contributed by atoms with Crippen molar-refractivity contribution in [2.75, 3.05) is 27.2 Å². The molecule has 2 atom stereocenters. The lowest BCUT2D eigenvalue weighted by molar-refractivity contribution is 0.000793. The van der Waals surface area contributed by atoms with E-state index in [9.17, 15) is 5.11 Å². The second-order valence-electron chi connectivity index (χ2n) is 5.65. The largest absolute Gasteiger partial charge is 0.391 e. The molecule has 0 amide bonds. The van der Waals surface area contributed by atoms with E-state index in [4.69, 9.17) is 0 Å². The molecule has 16 heavy (non-hydrogen) atoms. The first-order valence-electron chi connectivity index (χ1n) is 6.77. The highest BCUT2D eigenvalue weighted by atomic mass is 16.3. The van der Waals surface area contributed by atoms with Gasteiger partial charge in [0.15, 0.2) is 0 Å². The molecule has 0 radical (unpaired) electrons. The minimum absolute atomic E-state index is 0.0651. The molecule has 1 aliphatic heterocycles. The van der Waals surface area contributed by atoms with E-state index in [1.807, 2.05) is 0 Å². The van der Waals surface area contributed by atoms with Crippen molar-refractivity contribution in [2.24, 2.45) is 0 Å². The average Bonchev–Trinajstić information content (AvgIpc) is 2.30. The molecule has 0 aromatic carbocycles. The maximum Gasteiger partial charge on any atom is 0.0695 e. The first kappa shape index (κ1) is 12.3.